The van der Waals surface area contributed by atoms with Crippen LogP contribution in [-0.2, 0) is 66.3 Å². The van der Waals surface area contributed by atoms with Crippen LogP contribution in [0, 0.1) is 0 Å². The number of rotatable bonds is 9. The van der Waals surface area contributed by atoms with Crippen molar-refractivity contribution < 1.29 is 163 Å². The van der Waals surface area contributed by atoms with Gasteiger partial charge in [-0.25, -0.2) is 0 Å². The van der Waals surface area contributed by atoms with Gasteiger partial charge in [0.2, 0.25) is 0 Å². The molecule has 34 nitrogen and oxygen atoms in total. The SMILES string of the molecule is CC1O[C@H]2O[C@@H]3C(CO)O[C@H](O[C@@H]4C(CO)O[C@H](O[C@@H]5C(CO)O[C@@H](O[C@@H]6C(CSCCN)O[C@H](O[C@@H]7C(CO)O[C@@H](O[C@@H]8C(CO)O[C@@H](O[C@H]1[C@H](O)C2O)C(O)[C@H]8O)C(O)[C@H]7O)C(O)[C@H]6O)C(O)[C@H]5O)C(O)[C@H]4O)C(O)[C@H]3O. The van der Waals surface area contributed by atoms with Crippen LogP contribution in [-0.4, -0.2) is 363 Å². The molecule has 14 bridgehead atoms. The number of thioether (sulfide) groups is 1. The Hall–Kier alpha value is -1.01. The molecule has 21 N–H and O–H groups in total. The molecule has 0 amide bonds. The number of hydrogen-bond donors (Lipinski definition) is 20. The summed E-state index contributed by atoms with van der Waals surface area (Å²) in [6.45, 7) is -3.53. The lowest BCUT2D eigenvalue weighted by Gasteiger charge is -2.50. The first-order valence-corrected chi connectivity index (χ1v) is 26.8. The van der Waals surface area contributed by atoms with Crippen molar-refractivity contribution in [2.24, 2.45) is 5.73 Å². The third kappa shape index (κ3) is 13.1. The molecule has 21 rings (SSSR count). The molecule has 14 unspecified atom stereocenters. The summed E-state index contributed by atoms with van der Waals surface area (Å²) in [6, 6.07) is 0. The van der Waals surface area contributed by atoms with Crippen molar-refractivity contribution in [3.05, 3.63) is 0 Å². The molecule has 0 radical (unpaired) electrons. The lowest BCUT2D eigenvalue weighted by atomic mass is 9.95. The molecule has 35 heteroatoms. The fourth-order valence-corrected chi connectivity index (χ4v) is 11.5. The Labute approximate surface area is 453 Å². The summed E-state index contributed by atoms with van der Waals surface area (Å²) in [5.41, 5.74) is 5.70. The van der Waals surface area contributed by atoms with E-state index in [9.17, 15) is 97.0 Å². The van der Waals surface area contributed by atoms with Gasteiger partial charge in [-0.15, -0.1) is 0 Å². The van der Waals surface area contributed by atoms with Crippen molar-refractivity contribution in [1.82, 2.24) is 0 Å². The van der Waals surface area contributed by atoms with Crippen LogP contribution >= 0.6 is 11.8 Å². The Morgan fingerprint density at radius 2 is 0.481 bits per heavy atom. The van der Waals surface area contributed by atoms with Gasteiger partial charge in [0.05, 0.1) is 45.2 Å². The van der Waals surface area contributed by atoms with Gasteiger partial charge in [0.25, 0.3) is 0 Å². The van der Waals surface area contributed by atoms with Crippen LogP contribution in [0.1, 0.15) is 6.92 Å². The van der Waals surface area contributed by atoms with E-state index in [0.717, 1.165) is 11.8 Å². The van der Waals surface area contributed by atoms with Gasteiger partial charge >= 0.3 is 0 Å². The molecule has 0 aromatic heterocycles. The summed E-state index contributed by atoms with van der Waals surface area (Å²) >= 11 is 1.16. The zero-order valence-corrected chi connectivity index (χ0v) is 42.9. The summed E-state index contributed by atoms with van der Waals surface area (Å²) in [4.78, 5) is 0. The molecule has 21 aliphatic rings. The van der Waals surface area contributed by atoms with E-state index in [2.05, 4.69) is 0 Å². The van der Waals surface area contributed by atoms with Gasteiger partial charge in [-0.3, -0.25) is 0 Å². The largest absolute Gasteiger partial charge is 0.394 e. The number of aliphatic hydroxyl groups excluding tert-OH is 19. The summed E-state index contributed by atoms with van der Waals surface area (Å²) in [6.07, 6.45) is -66.7. The lowest BCUT2D eigenvalue weighted by molar-refractivity contribution is -0.395. The highest BCUT2D eigenvalue weighted by Crippen LogP contribution is 2.39. The van der Waals surface area contributed by atoms with E-state index in [0.29, 0.717) is 5.75 Å². The summed E-state index contributed by atoms with van der Waals surface area (Å²) in [5, 5.41) is 211. The maximum Gasteiger partial charge on any atom is 0.187 e. The average Bonchev–Trinajstić information content (AvgIpc) is 3.54. The van der Waals surface area contributed by atoms with Gasteiger partial charge in [-0.1, -0.05) is 0 Å². The van der Waals surface area contributed by atoms with Crippen molar-refractivity contribution in [2.45, 2.75) is 222 Å². The van der Waals surface area contributed by atoms with E-state index in [1.165, 1.54) is 6.92 Å². The molecule has 21 fully saturated rings. The zero-order chi connectivity index (χ0) is 57.5. The number of hydrogen-bond acceptors (Lipinski definition) is 35. The highest BCUT2D eigenvalue weighted by Gasteiger charge is 2.59. The topological polar surface area (TPSA) is 540 Å². The molecule has 460 valence electrons. The highest BCUT2D eigenvalue weighted by atomic mass is 32.2. The second-order valence-electron chi connectivity index (χ2n) is 20.3. The minimum atomic E-state index is -2.17. The van der Waals surface area contributed by atoms with Gasteiger partial charge in [0.1, 0.15) is 159 Å². The molecule has 0 spiro atoms. The molecule has 0 aromatic carbocycles. The van der Waals surface area contributed by atoms with E-state index in [1.807, 2.05) is 0 Å². The second-order valence-corrected chi connectivity index (χ2v) is 21.5. The molecule has 0 saturated carbocycles. The number of ether oxygens (including phenoxy) is 14. The average molecular weight is 1180 g/mol. The fraction of sp³-hybridized carbons (Fsp3) is 1.00. The van der Waals surface area contributed by atoms with Crippen LogP contribution in [0.15, 0.2) is 0 Å². The van der Waals surface area contributed by atoms with Crippen LogP contribution in [0.2, 0.25) is 0 Å². The van der Waals surface area contributed by atoms with Crippen LogP contribution in [0.5, 0.6) is 0 Å². The normalized spacial score (nSPS) is 54.3. The van der Waals surface area contributed by atoms with E-state index in [1.54, 1.807) is 0 Å². The first-order valence-electron chi connectivity index (χ1n) is 25.6. The maximum atomic E-state index is 11.6. The number of nitrogens with two attached hydrogens (primary N) is 1. The quantitative estimate of drug-likeness (QED) is 0.0953. The van der Waals surface area contributed by atoms with Crippen molar-refractivity contribution in [2.75, 3.05) is 51.1 Å². The van der Waals surface area contributed by atoms with E-state index in [-0.39, 0.29) is 12.3 Å². The molecule has 21 saturated heterocycles. The Bertz CT molecular complexity index is 1870. The minimum Gasteiger partial charge on any atom is -0.394 e. The maximum absolute atomic E-state index is 11.6. The van der Waals surface area contributed by atoms with Crippen molar-refractivity contribution >= 4 is 11.8 Å². The fourth-order valence-electron chi connectivity index (χ4n) is 10.7. The monoisotopic (exact) mass is 1180 g/mol. The van der Waals surface area contributed by atoms with Crippen LogP contribution in [0.4, 0.5) is 0 Å². The highest BCUT2D eigenvalue weighted by molar-refractivity contribution is 7.99. The molecular formula is C44H75NO33S. The van der Waals surface area contributed by atoms with Gasteiger partial charge in [0.15, 0.2) is 44.0 Å². The molecule has 21 aliphatic heterocycles. The summed E-state index contributed by atoms with van der Waals surface area (Å²) in [7, 11) is 0. The molecular weight excluding hydrogens is 1100 g/mol. The first kappa shape index (κ1) is 64.0. The Morgan fingerprint density at radius 1 is 0.278 bits per heavy atom. The Kier molecular flexibility index (Phi) is 22.3. The molecule has 0 aliphatic carbocycles. The molecule has 21 heterocycles. The predicted molar refractivity (Wildman–Crippen MR) is 246 cm³/mol. The van der Waals surface area contributed by atoms with Crippen molar-refractivity contribution in [1.29, 1.82) is 0 Å². The lowest BCUT2D eigenvalue weighted by Crippen LogP contribution is -2.68. The van der Waals surface area contributed by atoms with Gasteiger partial charge in [0, 0.05) is 18.1 Å². The van der Waals surface area contributed by atoms with Crippen LogP contribution in [0.25, 0.3) is 0 Å². The molecule has 0 aromatic rings. The Morgan fingerprint density at radius 3 is 0.722 bits per heavy atom. The smallest absolute Gasteiger partial charge is 0.187 e. The van der Waals surface area contributed by atoms with Crippen molar-refractivity contribution in [3.8, 4) is 0 Å². The van der Waals surface area contributed by atoms with Gasteiger partial charge in [-0.2, -0.15) is 11.8 Å². The summed E-state index contributed by atoms with van der Waals surface area (Å²) in [5.74, 6) is 0.209. The van der Waals surface area contributed by atoms with Crippen LogP contribution < -0.4 is 5.73 Å². The predicted octanol–water partition coefficient (Wildman–Crippen LogP) is -13.5. The first-order chi connectivity index (χ1) is 37.6. The minimum absolute atomic E-state index is 0.0942. The number of aliphatic hydroxyl groups is 19. The van der Waals surface area contributed by atoms with E-state index < -0.39 is 248 Å². The van der Waals surface area contributed by atoms with Crippen molar-refractivity contribution in [3.63, 3.8) is 0 Å². The second kappa shape index (κ2) is 27.6. The Balaban J connectivity index is 1.08. The molecule has 79 heavy (non-hydrogen) atoms. The van der Waals surface area contributed by atoms with E-state index >= 15 is 0 Å². The zero-order valence-electron chi connectivity index (χ0n) is 42.1. The van der Waals surface area contributed by atoms with Gasteiger partial charge < -0.3 is 169 Å². The summed E-state index contributed by atoms with van der Waals surface area (Å²) < 4.78 is 81.2. The standard InChI is InChI=1S/C44H75NO33S/c1-10-31-17(51)24(58)38(65-10)73-32-11(4-46)67-40(26(60)19(32)53)75-34-13(6-48)68-41(27(61)20(34)54)76-35-14(7-49)70-43(29(63)22(35)56)78-37-16(9-79-3-2-45)71-44(30(64)23(37)57)77-36-15(8-50)69-42(28(62)21(36)55)74-33-12(5-47)66-39(72-31)25(59)18(33)52/h10-44,46-64H,2-9,45H2,1H3/t10?,11?,12?,13?,14?,15?,16?,17-,18-,19-,20-,21-,22-,23-,24?,25?,26?,27?,28?,29?,30?,31-,32-,33-,34-,35-,36-,37-,38+,39+,40-,41-,42+,43+,44-/m1/s1. The third-order valence-corrected chi connectivity index (χ3v) is 16.2. The van der Waals surface area contributed by atoms with Crippen LogP contribution in [0.3, 0.4) is 0 Å². The molecule has 35 atom stereocenters. The van der Waals surface area contributed by atoms with E-state index in [4.69, 9.17) is 72.0 Å². The van der Waals surface area contributed by atoms with Gasteiger partial charge in [-0.05, 0) is 6.92 Å². The third-order valence-electron chi connectivity index (χ3n) is 15.1.